The van der Waals surface area contributed by atoms with E-state index in [9.17, 15) is 9.59 Å². The number of carbonyl (C=O) groups excluding carboxylic acids is 2. The summed E-state index contributed by atoms with van der Waals surface area (Å²) in [6.45, 7) is 1.13. The van der Waals surface area contributed by atoms with Gasteiger partial charge in [-0.1, -0.05) is 18.2 Å². The molecule has 0 radical (unpaired) electrons. The van der Waals surface area contributed by atoms with Crippen LogP contribution in [0, 0.1) is 0 Å². The Hall–Kier alpha value is -3.13. The topological polar surface area (TPSA) is 80.8 Å². The first-order valence-electron chi connectivity index (χ1n) is 9.75. The van der Waals surface area contributed by atoms with Gasteiger partial charge in [0.15, 0.2) is 18.1 Å². The second-order valence-electron chi connectivity index (χ2n) is 7.04. The summed E-state index contributed by atoms with van der Waals surface area (Å²) < 4.78 is 11.0. The third kappa shape index (κ3) is 3.82. The first-order valence-corrected chi connectivity index (χ1v) is 10.6. The zero-order chi connectivity index (χ0) is 21.1. The third-order valence-electron chi connectivity index (χ3n) is 5.31. The second-order valence-corrected chi connectivity index (χ2v) is 8.04. The Balaban J connectivity index is 1.49. The molecule has 1 aliphatic heterocycles. The fourth-order valence-corrected chi connectivity index (χ4v) is 5.01. The van der Waals surface area contributed by atoms with E-state index in [1.54, 1.807) is 37.4 Å². The van der Waals surface area contributed by atoms with Gasteiger partial charge in [0.25, 0.3) is 11.8 Å². The molecule has 0 spiro atoms. The molecule has 3 aromatic rings. The number of thiophene rings is 1. The van der Waals surface area contributed by atoms with Crippen LogP contribution >= 0.6 is 11.3 Å². The quantitative estimate of drug-likeness (QED) is 0.657. The molecule has 30 heavy (non-hydrogen) atoms. The zero-order valence-electron chi connectivity index (χ0n) is 16.9. The summed E-state index contributed by atoms with van der Waals surface area (Å²) in [5.41, 5.74) is 0.989. The fraction of sp³-hybridized carbons (Fsp3) is 0.318. The van der Waals surface area contributed by atoms with Crippen LogP contribution in [0.5, 0.6) is 11.5 Å². The Morgan fingerprint density at radius 2 is 2.03 bits per heavy atom. The first-order chi connectivity index (χ1) is 14.6. The van der Waals surface area contributed by atoms with Crippen LogP contribution < -0.4 is 14.8 Å². The first kappa shape index (κ1) is 20.2. The van der Waals surface area contributed by atoms with E-state index in [2.05, 4.69) is 10.3 Å². The van der Waals surface area contributed by atoms with Crippen LogP contribution in [-0.4, -0.2) is 55.6 Å². The fourth-order valence-electron chi connectivity index (χ4n) is 3.83. The highest BCUT2D eigenvalue weighted by Gasteiger charge is 2.32. The highest BCUT2D eigenvalue weighted by molar-refractivity contribution is 7.20. The van der Waals surface area contributed by atoms with Crippen LogP contribution in [0.4, 0.5) is 0 Å². The van der Waals surface area contributed by atoms with Gasteiger partial charge in [-0.15, -0.1) is 11.3 Å². The highest BCUT2D eigenvalue weighted by atomic mass is 32.1. The van der Waals surface area contributed by atoms with E-state index in [0.717, 1.165) is 22.2 Å². The molecule has 0 saturated carbocycles. The van der Waals surface area contributed by atoms with Crippen LogP contribution in [0.3, 0.4) is 0 Å². The molecule has 8 heteroatoms. The molecule has 0 unspecified atom stereocenters. The lowest BCUT2D eigenvalue weighted by Gasteiger charge is -2.18. The summed E-state index contributed by atoms with van der Waals surface area (Å²) in [6, 6.07) is 11.1. The SMILES string of the molecule is CNC(=O)c1sc2ncccc2c1[C@H]1CCN(C(=O)COc2ccccc2OC)C1. The number of pyridine rings is 1. The van der Waals surface area contributed by atoms with Gasteiger partial charge in [0, 0.05) is 37.6 Å². The molecule has 1 N–H and O–H groups in total. The van der Waals surface area contributed by atoms with Crippen molar-refractivity contribution in [1.82, 2.24) is 15.2 Å². The Morgan fingerprint density at radius 1 is 1.23 bits per heavy atom. The van der Waals surface area contributed by atoms with Gasteiger partial charge in [-0.05, 0) is 30.2 Å². The molecule has 1 saturated heterocycles. The van der Waals surface area contributed by atoms with Crippen LogP contribution in [0.15, 0.2) is 42.6 Å². The smallest absolute Gasteiger partial charge is 0.261 e. The number of methoxy groups -OCH3 is 1. The van der Waals surface area contributed by atoms with E-state index in [1.165, 1.54) is 11.3 Å². The molecular weight excluding hydrogens is 402 g/mol. The summed E-state index contributed by atoms with van der Waals surface area (Å²) >= 11 is 1.40. The normalized spacial score (nSPS) is 15.9. The van der Waals surface area contributed by atoms with Crippen molar-refractivity contribution in [2.45, 2.75) is 12.3 Å². The predicted octanol–water partition coefficient (Wildman–Crippen LogP) is 3.06. The van der Waals surface area contributed by atoms with E-state index in [4.69, 9.17) is 9.47 Å². The molecular formula is C22H23N3O4S. The number of nitrogens with zero attached hydrogens (tertiary/aromatic N) is 2. The van der Waals surface area contributed by atoms with Crippen molar-refractivity contribution in [1.29, 1.82) is 0 Å². The zero-order valence-corrected chi connectivity index (χ0v) is 17.7. The van der Waals surface area contributed by atoms with E-state index in [-0.39, 0.29) is 24.3 Å². The van der Waals surface area contributed by atoms with E-state index in [0.29, 0.717) is 29.5 Å². The number of fused-ring (bicyclic) bond motifs is 1. The average molecular weight is 426 g/mol. The van der Waals surface area contributed by atoms with Crippen LogP contribution in [0.1, 0.15) is 27.6 Å². The number of likely N-dealkylation sites (tertiary alicyclic amines) is 1. The number of benzene rings is 1. The number of aromatic nitrogens is 1. The number of hydrogen-bond acceptors (Lipinski definition) is 6. The minimum atomic E-state index is -0.114. The van der Waals surface area contributed by atoms with Gasteiger partial charge in [-0.3, -0.25) is 9.59 Å². The summed E-state index contributed by atoms with van der Waals surface area (Å²) in [4.78, 5) is 32.9. The van der Waals surface area contributed by atoms with Crippen LogP contribution in [-0.2, 0) is 4.79 Å². The lowest BCUT2D eigenvalue weighted by atomic mass is 9.95. The van der Waals surface area contributed by atoms with Crippen molar-refractivity contribution < 1.29 is 19.1 Å². The van der Waals surface area contributed by atoms with E-state index in [1.807, 2.05) is 24.3 Å². The standard InChI is InChI=1S/C22H23N3O4S/c1-23-21(27)20-19(15-6-5-10-24-22(15)30-20)14-9-11-25(12-14)18(26)13-29-17-8-4-3-7-16(17)28-2/h3-8,10,14H,9,11-13H2,1-2H3,(H,23,27)/t14-/m0/s1. The Labute approximate surface area is 178 Å². The summed E-state index contributed by atoms with van der Waals surface area (Å²) in [6.07, 6.45) is 2.53. The molecule has 4 rings (SSSR count). The Morgan fingerprint density at radius 3 is 2.80 bits per heavy atom. The van der Waals surface area contributed by atoms with Gasteiger partial charge < -0.3 is 19.7 Å². The van der Waals surface area contributed by atoms with Crippen molar-refractivity contribution in [2.24, 2.45) is 0 Å². The van der Waals surface area contributed by atoms with E-state index < -0.39 is 0 Å². The number of rotatable bonds is 6. The van der Waals surface area contributed by atoms with Gasteiger partial charge >= 0.3 is 0 Å². The number of amides is 2. The molecule has 7 nitrogen and oxygen atoms in total. The largest absolute Gasteiger partial charge is 0.493 e. The summed E-state index contributed by atoms with van der Waals surface area (Å²) in [5.74, 6) is 1.03. The van der Waals surface area contributed by atoms with Crippen LogP contribution in [0.25, 0.3) is 10.2 Å². The maximum absolute atomic E-state index is 12.7. The molecule has 1 aliphatic rings. The molecule has 1 fully saturated rings. The minimum absolute atomic E-state index is 0.0542. The molecule has 2 amide bonds. The van der Waals surface area contributed by atoms with Gasteiger partial charge in [0.2, 0.25) is 0 Å². The minimum Gasteiger partial charge on any atom is -0.493 e. The molecule has 156 valence electrons. The predicted molar refractivity (Wildman–Crippen MR) is 115 cm³/mol. The maximum Gasteiger partial charge on any atom is 0.261 e. The molecule has 0 bridgehead atoms. The number of hydrogen-bond donors (Lipinski definition) is 1. The third-order valence-corrected chi connectivity index (χ3v) is 6.44. The number of carbonyl (C=O) groups is 2. The van der Waals surface area contributed by atoms with Gasteiger partial charge in [-0.25, -0.2) is 4.98 Å². The summed E-state index contributed by atoms with van der Waals surface area (Å²) in [5, 5.41) is 3.71. The van der Waals surface area contributed by atoms with Gasteiger partial charge in [0.1, 0.15) is 4.83 Å². The molecule has 1 aromatic carbocycles. The highest BCUT2D eigenvalue weighted by Crippen LogP contribution is 2.39. The van der Waals surface area contributed by atoms with E-state index >= 15 is 0 Å². The number of ether oxygens (including phenoxy) is 2. The van der Waals surface area contributed by atoms with Crippen molar-refractivity contribution in [3.05, 3.63) is 53.0 Å². The lowest BCUT2D eigenvalue weighted by molar-refractivity contribution is -0.132. The lowest BCUT2D eigenvalue weighted by Crippen LogP contribution is -2.33. The van der Waals surface area contributed by atoms with Crippen molar-refractivity contribution in [2.75, 3.05) is 33.9 Å². The average Bonchev–Trinajstić information content (AvgIpc) is 3.41. The number of nitrogens with one attached hydrogen (secondary N) is 1. The van der Waals surface area contributed by atoms with Gasteiger partial charge in [-0.2, -0.15) is 0 Å². The Kier molecular flexibility index (Phi) is 5.85. The maximum atomic E-state index is 12.7. The van der Waals surface area contributed by atoms with Crippen molar-refractivity contribution in [3.63, 3.8) is 0 Å². The Bertz CT molecular complexity index is 1080. The van der Waals surface area contributed by atoms with Crippen molar-refractivity contribution >= 4 is 33.4 Å². The number of para-hydroxylation sites is 2. The molecule has 3 heterocycles. The molecule has 0 aliphatic carbocycles. The van der Waals surface area contributed by atoms with Gasteiger partial charge in [0.05, 0.1) is 12.0 Å². The monoisotopic (exact) mass is 425 g/mol. The van der Waals surface area contributed by atoms with Crippen molar-refractivity contribution in [3.8, 4) is 11.5 Å². The second kappa shape index (κ2) is 8.71. The summed E-state index contributed by atoms with van der Waals surface area (Å²) in [7, 11) is 3.20. The molecule has 1 atom stereocenters. The van der Waals surface area contributed by atoms with Crippen LogP contribution in [0.2, 0.25) is 0 Å². The molecule has 2 aromatic heterocycles.